The second-order valence-corrected chi connectivity index (χ2v) is 7.16. The maximum absolute atomic E-state index is 11.3. The zero-order chi connectivity index (χ0) is 13.7. The van der Waals surface area contributed by atoms with Gasteiger partial charge >= 0.3 is 5.69 Å². The van der Waals surface area contributed by atoms with E-state index in [0.29, 0.717) is 12.2 Å². The lowest BCUT2D eigenvalue weighted by molar-refractivity contribution is -0.0207. The lowest BCUT2D eigenvalue weighted by Crippen LogP contribution is -2.58. The van der Waals surface area contributed by atoms with Crippen molar-refractivity contribution in [2.75, 3.05) is 0 Å². The van der Waals surface area contributed by atoms with Gasteiger partial charge in [0, 0.05) is 23.8 Å². The van der Waals surface area contributed by atoms with Crippen molar-refractivity contribution in [3.8, 4) is 0 Å². The minimum atomic E-state index is -0.417. The second-order valence-electron chi connectivity index (χ2n) is 7.16. The van der Waals surface area contributed by atoms with Gasteiger partial charge in [0.1, 0.15) is 0 Å². The van der Waals surface area contributed by atoms with E-state index in [2.05, 4.69) is 15.3 Å². The van der Waals surface area contributed by atoms with Gasteiger partial charge in [0.25, 0.3) is 5.56 Å². The van der Waals surface area contributed by atoms with E-state index in [1.807, 2.05) is 0 Å². The van der Waals surface area contributed by atoms with Crippen LogP contribution in [-0.4, -0.2) is 15.5 Å². The maximum atomic E-state index is 11.3. The van der Waals surface area contributed by atoms with Crippen molar-refractivity contribution in [2.45, 2.75) is 50.6 Å². The molecule has 0 unspecified atom stereocenters. The lowest BCUT2D eigenvalue weighted by atomic mass is 9.53. The van der Waals surface area contributed by atoms with Crippen LogP contribution in [0.3, 0.4) is 0 Å². The predicted octanol–water partition coefficient (Wildman–Crippen LogP) is 1.12. The molecule has 1 aromatic rings. The third-order valence-electron chi connectivity index (χ3n) is 5.51. The molecular weight excluding hydrogens is 254 g/mol. The second kappa shape index (κ2) is 4.32. The van der Waals surface area contributed by atoms with E-state index in [1.165, 1.54) is 44.6 Å². The number of hydrogen-bond donors (Lipinski definition) is 3. The summed E-state index contributed by atoms with van der Waals surface area (Å²) < 4.78 is 0. The third-order valence-corrected chi connectivity index (χ3v) is 5.51. The van der Waals surface area contributed by atoms with Gasteiger partial charge < -0.3 is 10.3 Å². The van der Waals surface area contributed by atoms with Crippen molar-refractivity contribution >= 4 is 0 Å². The van der Waals surface area contributed by atoms with Crippen LogP contribution in [0.15, 0.2) is 15.7 Å². The molecule has 0 spiro atoms. The fourth-order valence-corrected chi connectivity index (χ4v) is 5.22. The fourth-order valence-electron chi connectivity index (χ4n) is 5.22. The van der Waals surface area contributed by atoms with Gasteiger partial charge in [-0.3, -0.25) is 9.78 Å². The highest BCUT2D eigenvalue weighted by atomic mass is 16.2. The molecule has 4 bridgehead atoms. The molecule has 0 saturated heterocycles. The Hall–Kier alpha value is -1.36. The van der Waals surface area contributed by atoms with Crippen LogP contribution in [0.25, 0.3) is 0 Å². The molecule has 5 heteroatoms. The van der Waals surface area contributed by atoms with E-state index in [-0.39, 0.29) is 11.1 Å². The molecule has 4 aliphatic carbocycles. The summed E-state index contributed by atoms with van der Waals surface area (Å²) in [7, 11) is 0. The van der Waals surface area contributed by atoms with Crippen LogP contribution < -0.4 is 16.6 Å². The molecule has 108 valence electrons. The molecule has 5 rings (SSSR count). The first-order valence-electron chi connectivity index (χ1n) is 7.68. The summed E-state index contributed by atoms with van der Waals surface area (Å²) >= 11 is 0. The zero-order valence-electron chi connectivity index (χ0n) is 11.6. The number of aromatic nitrogens is 2. The van der Waals surface area contributed by atoms with Gasteiger partial charge in [-0.25, -0.2) is 4.79 Å². The molecular formula is C15H21N3O2. The van der Waals surface area contributed by atoms with Crippen LogP contribution in [0.2, 0.25) is 0 Å². The lowest BCUT2D eigenvalue weighted by Gasteiger charge is -2.57. The van der Waals surface area contributed by atoms with Crippen molar-refractivity contribution < 1.29 is 0 Å². The predicted molar refractivity (Wildman–Crippen MR) is 75.4 cm³/mol. The summed E-state index contributed by atoms with van der Waals surface area (Å²) in [4.78, 5) is 27.5. The van der Waals surface area contributed by atoms with E-state index >= 15 is 0 Å². The normalized spacial score (nSPS) is 38.3. The first kappa shape index (κ1) is 12.4. The molecule has 0 amide bonds. The number of H-pyrrole nitrogens is 2. The summed E-state index contributed by atoms with van der Waals surface area (Å²) in [5.41, 5.74) is 0.208. The molecule has 0 aliphatic heterocycles. The molecule has 0 atom stereocenters. The summed E-state index contributed by atoms with van der Waals surface area (Å²) in [5, 5.41) is 3.68. The Morgan fingerprint density at radius 3 is 2.20 bits per heavy atom. The molecule has 4 saturated carbocycles. The average Bonchev–Trinajstić information content (AvgIpc) is 2.34. The quantitative estimate of drug-likeness (QED) is 0.773. The summed E-state index contributed by atoms with van der Waals surface area (Å²) in [6.07, 6.45) is 8.07. The molecule has 5 nitrogen and oxygen atoms in total. The van der Waals surface area contributed by atoms with E-state index in [4.69, 9.17) is 0 Å². The summed E-state index contributed by atoms with van der Waals surface area (Å²) in [5.74, 6) is 2.69. The van der Waals surface area contributed by atoms with Crippen LogP contribution in [-0.2, 0) is 6.54 Å². The summed E-state index contributed by atoms with van der Waals surface area (Å²) in [6, 6.07) is 1.48. The smallest absolute Gasteiger partial charge is 0.310 e. The molecule has 3 N–H and O–H groups in total. The first-order chi connectivity index (χ1) is 9.60. The van der Waals surface area contributed by atoms with Crippen LogP contribution in [0, 0.1) is 17.8 Å². The Labute approximate surface area is 117 Å². The van der Waals surface area contributed by atoms with Gasteiger partial charge in [-0.1, -0.05) is 0 Å². The van der Waals surface area contributed by atoms with Crippen LogP contribution in [0.1, 0.15) is 44.2 Å². The van der Waals surface area contributed by atoms with E-state index in [0.717, 1.165) is 17.8 Å². The van der Waals surface area contributed by atoms with E-state index in [1.54, 1.807) is 0 Å². The number of aromatic amines is 2. The Balaban J connectivity index is 1.51. The van der Waals surface area contributed by atoms with Crippen molar-refractivity contribution in [3.05, 3.63) is 32.6 Å². The topological polar surface area (TPSA) is 77.8 Å². The highest BCUT2D eigenvalue weighted by Gasteiger charge is 2.50. The third kappa shape index (κ3) is 2.14. The van der Waals surface area contributed by atoms with Gasteiger partial charge in [0.05, 0.1) is 0 Å². The van der Waals surface area contributed by atoms with Gasteiger partial charge in [-0.15, -0.1) is 0 Å². The van der Waals surface area contributed by atoms with E-state index in [9.17, 15) is 9.59 Å². The maximum Gasteiger partial charge on any atom is 0.325 e. The van der Waals surface area contributed by atoms with Crippen molar-refractivity contribution in [1.29, 1.82) is 0 Å². The molecule has 20 heavy (non-hydrogen) atoms. The van der Waals surface area contributed by atoms with Crippen LogP contribution in [0.4, 0.5) is 0 Å². The number of hydrogen-bond acceptors (Lipinski definition) is 3. The molecule has 4 aliphatic rings. The highest BCUT2D eigenvalue weighted by molar-refractivity contribution is 5.08. The number of nitrogens with one attached hydrogen (secondary N) is 3. The average molecular weight is 275 g/mol. The molecule has 1 heterocycles. The fraction of sp³-hybridized carbons (Fsp3) is 0.733. The van der Waals surface area contributed by atoms with Gasteiger partial charge in [0.15, 0.2) is 0 Å². The Morgan fingerprint density at radius 2 is 1.65 bits per heavy atom. The SMILES string of the molecule is O=c1cc(CNC23CC4CC(CC(C4)C2)C3)[nH]c(=O)[nH]1. The first-order valence-corrected chi connectivity index (χ1v) is 7.68. The minimum Gasteiger partial charge on any atom is -0.310 e. The van der Waals surface area contributed by atoms with Gasteiger partial charge in [-0.05, 0) is 56.3 Å². The van der Waals surface area contributed by atoms with Gasteiger partial charge in [0.2, 0.25) is 0 Å². The highest BCUT2D eigenvalue weighted by Crippen LogP contribution is 2.55. The van der Waals surface area contributed by atoms with Crippen LogP contribution >= 0.6 is 0 Å². The standard InChI is InChI=1S/C15H21N3O2/c19-13-4-12(17-14(20)18-13)8-16-15-5-9-1-10(6-15)3-11(2-9)7-15/h4,9-11,16H,1-3,5-8H2,(H2,17,18,19,20). The molecule has 0 aromatic carbocycles. The Bertz CT molecular complexity index is 567. The minimum absolute atomic E-state index is 0.258. The summed E-state index contributed by atoms with van der Waals surface area (Å²) in [6.45, 7) is 0.589. The van der Waals surface area contributed by atoms with Gasteiger partial charge in [-0.2, -0.15) is 0 Å². The Morgan fingerprint density at radius 1 is 1.05 bits per heavy atom. The molecule has 1 aromatic heterocycles. The monoisotopic (exact) mass is 275 g/mol. The molecule has 4 fully saturated rings. The largest absolute Gasteiger partial charge is 0.325 e. The van der Waals surface area contributed by atoms with E-state index < -0.39 is 5.69 Å². The zero-order valence-corrected chi connectivity index (χ0v) is 11.6. The van der Waals surface area contributed by atoms with Crippen molar-refractivity contribution in [1.82, 2.24) is 15.3 Å². The Kier molecular flexibility index (Phi) is 2.67. The molecule has 0 radical (unpaired) electrons. The van der Waals surface area contributed by atoms with Crippen LogP contribution in [0.5, 0.6) is 0 Å². The van der Waals surface area contributed by atoms with Crippen molar-refractivity contribution in [2.24, 2.45) is 17.8 Å². The van der Waals surface area contributed by atoms with Crippen molar-refractivity contribution in [3.63, 3.8) is 0 Å². The number of rotatable bonds is 3.